The lowest BCUT2D eigenvalue weighted by atomic mass is 10.1. The second-order valence-electron chi connectivity index (χ2n) is 10.4. The molecule has 0 saturated heterocycles. The van der Waals surface area contributed by atoms with Crippen LogP contribution in [-0.2, 0) is 34.9 Å². The molecule has 0 aromatic heterocycles. The normalized spacial score (nSPS) is 12.5. The van der Waals surface area contributed by atoms with E-state index in [1.807, 2.05) is 13.8 Å². The SMILES string of the molecule is CCCCCOC(=O)Oc1ccc(C[C@H](N)C(=O)O[C@@H](C)COC(=O)OC(C)(C)C)cc1OC(=O)OCCCCC. The maximum atomic E-state index is 12.5. The predicted molar refractivity (Wildman–Crippen MR) is 149 cm³/mol. The van der Waals surface area contributed by atoms with Crippen molar-refractivity contribution in [1.29, 1.82) is 0 Å². The summed E-state index contributed by atoms with van der Waals surface area (Å²) in [5, 5.41) is 0. The number of hydrogen-bond donors (Lipinski definition) is 1. The second-order valence-corrected chi connectivity index (χ2v) is 10.4. The van der Waals surface area contributed by atoms with Crippen molar-refractivity contribution >= 4 is 24.4 Å². The molecule has 2 atom stereocenters. The lowest BCUT2D eigenvalue weighted by Gasteiger charge is -2.20. The molecule has 1 aromatic rings. The topological polar surface area (TPSA) is 159 Å². The number of esters is 1. The van der Waals surface area contributed by atoms with Crippen LogP contribution in [0.2, 0.25) is 0 Å². The highest BCUT2D eigenvalue weighted by Crippen LogP contribution is 2.30. The fraction of sp³-hybridized carbons (Fsp3) is 0.655. The van der Waals surface area contributed by atoms with Gasteiger partial charge in [0.05, 0.1) is 13.2 Å². The summed E-state index contributed by atoms with van der Waals surface area (Å²) in [5.41, 5.74) is 5.81. The van der Waals surface area contributed by atoms with Crippen molar-refractivity contribution in [2.24, 2.45) is 5.73 Å². The first-order chi connectivity index (χ1) is 19.3. The van der Waals surface area contributed by atoms with Crippen LogP contribution in [0.25, 0.3) is 0 Å². The van der Waals surface area contributed by atoms with Gasteiger partial charge in [-0.1, -0.05) is 45.6 Å². The van der Waals surface area contributed by atoms with E-state index in [9.17, 15) is 19.2 Å². The zero-order chi connectivity index (χ0) is 30.8. The third-order valence-corrected chi connectivity index (χ3v) is 5.23. The van der Waals surface area contributed by atoms with Crippen LogP contribution in [0.1, 0.15) is 85.6 Å². The Labute approximate surface area is 242 Å². The molecule has 0 amide bonds. The molecular weight excluding hydrogens is 538 g/mol. The van der Waals surface area contributed by atoms with Crippen LogP contribution in [0.15, 0.2) is 18.2 Å². The number of benzene rings is 1. The molecule has 232 valence electrons. The van der Waals surface area contributed by atoms with Crippen molar-refractivity contribution < 1.29 is 52.3 Å². The van der Waals surface area contributed by atoms with Gasteiger partial charge in [-0.3, -0.25) is 4.79 Å². The van der Waals surface area contributed by atoms with Gasteiger partial charge in [0.25, 0.3) is 0 Å². The average molecular weight is 584 g/mol. The molecule has 0 unspecified atom stereocenters. The Morgan fingerprint density at radius 2 is 1.37 bits per heavy atom. The van der Waals surface area contributed by atoms with Crippen LogP contribution in [0.5, 0.6) is 11.5 Å². The summed E-state index contributed by atoms with van der Waals surface area (Å²) in [4.78, 5) is 48.6. The second kappa shape index (κ2) is 18.7. The highest BCUT2D eigenvalue weighted by molar-refractivity contribution is 5.76. The summed E-state index contributed by atoms with van der Waals surface area (Å²) in [5.74, 6) is -0.906. The molecule has 0 saturated carbocycles. The van der Waals surface area contributed by atoms with Crippen LogP contribution < -0.4 is 15.2 Å². The summed E-state index contributed by atoms with van der Waals surface area (Å²) in [6, 6.07) is 3.27. The van der Waals surface area contributed by atoms with Crippen LogP contribution >= 0.6 is 0 Å². The van der Waals surface area contributed by atoms with Crippen LogP contribution in [-0.4, -0.2) is 62.0 Å². The molecule has 1 aromatic carbocycles. The van der Waals surface area contributed by atoms with Gasteiger partial charge in [-0.25, -0.2) is 14.4 Å². The van der Waals surface area contributed by atoms with E-state index in [2.05, 4.69) is 0 Å². The number of carbonyl (C=O) groups excluding carboxylic acids is 4. The molecule has 0 aliphatic heterocycles. The van der Waals surface area contributed by atoms with E-state index in [1.165, 1.54) is 12.1 Å². The van der Waals surface area contributed by atoms with Gasteiger partial charge >= 0.3 is 24.4 Å². The highest BCUT2D eigenvalue weighted by Gasteiger charge is 2.23. The molecule has 0 fully saturated rings. The molecule has 0 spiro atoms. The Morgan fingerprint density at radius 1 is 0.805 bits per heavy atom. The molecule has 12 nitrogen and oxygen atoms in total. The largest absolute Gasteiger partial charge is 0.513 e. The van der Waals surface area contributed by atoms with Crippen LogP contribution in [0.4, 0.5) is 14.4 Å². The molecule has 0 heterocycles. The fourth-order valence-electron chi connectivity index (χ4n) is 3.22. The van der Waals surface area contributed by atoms with E-state index in [0.717, 1.165) is 25.7 Å². The van der Waals surface area contributed by atoms with Crippen molar-refractivity contribution in [3.63, 3.8) is 0 Å². The molecule has 41 heavy (non-hydrogen) atoms. The minimum absolute atomic E-state index is 0.00211. The van der Waals surface area contributed by atoms with Gasteiger partial charge in [-0.05, 0) is 64.7 Å². The van der Waals surface area contributed by atoms with Crippen molar-refractivity contribution in [3.05, 3.63) is 23.8 Å². The summed E-state index contributed by atoms with van der Waals surface area (Å²) in [7, 11) is 0. The Bertz CT molecular complexity index is 974. The van der Waals surface area contributed by atoms with Gasteiger partial charge < -0.3 is 38.9 Å². The maximum absolute atomic E-state index is 12.5. The Balaban J connectivity index is 2.83. The van der Waals surface area contributed by atoms with Gasteiger partial charge in [-0.15, -0.1) is 0 Å². The van der Waals surface area contributed by atoms with E-state index in [1.54, 1.807) is 33.8 Å². The molecule has 12 heteroatoms. The van der Waals surface area contributed by atoms with Crippen molar-refractivity contribution in [2.45, 2.75) is 104 Å². The van der Waals surface area contributed by atoms with Gasteiger partial charge in [0.2, 0.25) is 0 Å². The van der Waals surface area contributed by atoms with Gasteiger partial charge in [0, 0.05) is 0 Å². The molecule has 0 radical (unpaired) electrons. The van der Waals surface area contributed by atoms with Gasteiger partial charge in [0.1, 0.15) is 24.4 Å². The van der Waals surface area contributed by atoms with Gasteiger partial charge in [-0.2, -0.15) is 0 Å². The minimum atomic E-state index is -1.09. The molecule has 0 aliphatic rings. The van der Waals surface area contributed by atoms with E-state index in [0.29, 0.717) is 18.4 Å². The van der Waals surface area contributed by atoms with Crippen molar-refractivity contribution in [3.8, 4) is 11.5 Å². The first-order valence-corrected chi connectivity index (χ1v) is 14.0. The quantitative estimate of drug-likeness (QED) is 0.107. The number of rotatable bonds is 16. The van der Waals surface area contributed by atoms with E-state index in [4.69, 9.17) is 38.9 Å². The Kier molecular flexibility index (Phi) is 16.2. The van der Waals surface area contributed by atoms with Crippen molar-refractivity contribution in [2.75, 3.05) is 19.8 Å². The number of carbonyl (C=O) groups is 4. The highest BCUT2D eigenvalue weighted by atomic mass is 16.8. The standard InChI is InChI=1S/C29H45NO11/c1-7-9-11-15-35-26(32)39-23-14-13-21(18-24(23)40-27(33)36-16-12-10-8-2)17-22(30)25(31)38-20(3)19-37-28(34)41-29(4,5)6/h13-14,18,20,22H,7-12,15-17,19,30H2,1-6H3/t20-,22-/m0/s1. The summed E-state index contributed by atoms with van der Waals surface area (Å²) in [6.07, 6.45) is 1.51. The average Bonchev–Trinajstić information content (AvgIpc) is 2.88. The molecule has 2 N–H and O–H groups in total. The summed E-state index contributed by atoms with van der Waals surface area (Å²) >= 11 is 0. The first-order valence-electron chi connectivity index (χ1n) is 14.0. The van der Waals surface area contributed by atoms with E-state index < -0.39 is 42.2 Å². The van der Waals surface area contributed by atoms with Crippen LogP contribution in [0, 0.1) is 0 Å². The Morgan fingerprint density at radius 3 is 1.90 bits per heavy atom. The third kappa shape index (κ3) is 16.3. The number of unbranched alkanes of at least 4 members (excludes halogenated alkanes) is 4. The van der Waals surface area contributed by atoms with E-state index in [-0.39, 0.29) is 37.7 Å². The number of ether oxygens (including phenoxy) is 7. The first kappa shape index (κ1) is 35.5. The monoisotopic (exact) mass is 583 g/mol. The minimum Gasteiger partial charge on any atom is -0.458 e. The fourth-order valence-corrected chi connectivity index (χ4v) is 3.22. The van der Waals surface area contributed by atoms with Gasteiger partial charge in [0.15, 0.2) is 11.5 Å². The van der Waals surface area contributed by atoms with Crippen molar-refractivity contribution in [1.82, 2.24) is 0 Å². The molecule has 0 aliphatic carbocycles. The number of hydrogen-bond acceptors (Lipinski definition) is 12. The molecule has 1 rings (SSSR count). The maximum Gasteiger partial charge on any atom is 0.513 e. The van der Waals surface area contributed by atoms with Crippen LogP contribution in [0.3, 0.4) is 0 Å². The summed E-state index contributed by atoms with van der Waals surface area (Å²) in [6.45, 7) is 10.8. The lowest BCUT2D eigenvalue weighted by Crippen LogP contribution is -2.37. The smallest absolute Gasteiger partial charge is 0.458 e. The Hall–Kier alpha value is -3.54. The zero-order valence-corrected chi connectivity index (χ0v) is 25.0. The lowest BCUT2D eigenvalue weighted by molar-refractivity contribution is -0.152. The zero-order valence-electron chi connectivity index (χ0n) is 25.0. The third-order valence-electron chi connectivity index (χ3n) is 5.23. The van der Waals surface area contributed by atoms with E-state index >= 15 is 0 Å². The molecular formula is C29H45NO11. The number of nitrogens with two attached hydrogens (primary N) is 1. The predicted octanol–water partition coefficient (Wildman–Crippen LogP) is 5.85. The molecule has 0 bridgehead atoms. The summed E-state index contributed by atoms with van der Waals surface area (Å²) < 4.78 is 36.0.